The second-order valence-corrected chi connectivity index (χ2v) is 14.1. The van der Waals surface area contributed by atoms with Crippen LogP contribution in [0, 0.1) is 6.92 Å². The summed E-state index contributed by atoms with van der Waals surface area (Å²) in [5.41, 5.74) is 2.22. The SMILES string of the molecule is CCOc1ccc(N(CC(=O)N(Cc2ccccc2C)C(CC)C(=O)NC2CCCCC2)S(=O)(=O)c2ccc(SC)cc2)cc1. The third kappa shape index (κ3) is 8.82. The van der Waals surface area contributed by atoms with E-state index in [2.05, 4.69) is 5.32 Å². The van der Waals surface area contributed by atoms with E-state index in [-0.39, 0.29) is 23.4 Å². The number of ether oxygens (including phenoxy) is 1. The van der Waals surface area contributed by atoms with Crippen molar-refractivity contribution in [2.24, 2.45) is 0 Å². The normalized spacial score (nSPS) is 14.4. The van der Waals surface area contributed by atoms with Gasteiger partial charge in [0.25, 0.3) is 10.0 Å². The summed E-state index contributed by atoms with van der Waals surface area (Å²) in [6.07, 6.45) is 7.46. The van der Waals surface area contributed by atoms with Gasteiger partial charge in [0.05, 0.1) is 17.2 Å². The number of amides is 2. The second-order valence-electron chi connectivity index (χ2n) is 11.3. The van der Waals surface area contributed by atoms with Gasteiger partial charge in [-0.25, -0.2) is 8.42 Å². The van der Waals surface area contributed by atoms with E-state index >= 15 is 0 Å². The molecule has 3 aromatic rings. The maximum atomic E-state index is 14.4. The molecule has 1 N–H and O–H groups in total. The first kappa shape index (κ1) is 34.4. The molecule has 2 amide bonds. The maximum Gasteiger partial charge on any atom is 0.264 e. The fourth-order valence-electron chi connectivity index (χ4n) is 5.71. The van der Waals surface area contributed by atoms with Gasteiger partial charge >= 0.3 is 0 Å². The number of aryl methyl sites for hydroxylation is 1. The predicted molar refractivity (Wildman–Crippen MR) is 181 cm³/mol. The Balaban J connectivity index is 1.72. The lowest BCUT2D eigenvalue weighted by molar-refractivity contribution is -0.140. The van der Waals surface area contributed by atoms with Crippen LogP contribution in [0.2, 0.25) is 0 Å². The molecule has 0 saturated heterocycles. The van der Waals surface area contributed by atoms with Gasteiger partial charge in [-0.3, -0.25) is 13.9 Å². The van der Waals surface area contributed by atoms with Gasteiger partial charge < -0.3 is 15.0 Å². The number of carbonyl (C=O) groups is 2. The minimum Gasteiger partial charge on any atom is -0.494 e. The zero-order chi connectivity index (χ0) is 32.4. The standard InChI is InChI=1S/C35H45N3O5S2/c1-5-33(35(40)36-28-14-8-7-9-15-28)37(24-27-13-11-10-12-26(27)3)34(39)25-38(29-16-18-30(19-17-29)43-6-2)45(41,42)32-22-20-31(44-4)21-23-32/h10-13,16-23,28,33H,5-9,14-15,24-25H2,1-4H3,(H,36,40). The highest BCUT2D eigenvalue weighted by atomic mass is 32.2. The summed E-state index contributed by atoms with van der Waals surface area (Å²) in [6.45, 7) is 5.91. The maximum absolute atomic E-state index is 14.4. The van der Waals surface area contributed by atoms with Gasteiger partial charge in [-0.05, 0) is 99.0 Å². The number of anilines is 1. The van der Waals surface area contributed by atoms with Gasteiger partial charge in [-0.2, -0.15) is 0 Å². The number of nitrogens with one attached hydrogen (secondary N) is 1. The predicted octanol–water partition coefficient (Wildman–Crippen LogP) is 6.57. The van der Waals surface area contributed by atoms with E-state index in [0.717, 1.165) is 52.4 Å². The van der Waals surface area contributed by atoms with Crippen LogP contribution >= 0.6 is 11.8 Å². The summed E-state index contributed by atoms with van der Waals surface area (Å²) in [4.78, 5) is 30.7. The first-order valence-electron chi connectivity index (χ1n) is 15.7. The molecule has 45 heavy (non-hydrogen) atoms. The van der Waals surface area contributed by atoms with Crippen molar-refractivity contribution in [3.8, 4) is 5.75 Å². The Morgan fingerprint density at radius 3 is 2.22 bits per heavy atom. The zero-order valence-electron chi connectivity index (χ0n) is 26.7. The molecule has 0 aliphatic heterocycles. The van der Waals surface area contributed by atoms with Crippen LogP contribution < -0.4 is 14.4 Å². The lowest BCUT2D eigenvalue weighted by Crippen LogP contribution is -2.54. The molecule has 1 atom stereocenters. The molecule has 0 heterocycles. The highest BCUT2D eigenvalue weighted by Crippen LogP contribution is 2.28. The van der Waals surface area contributed by atoms with Crippen molar-refractivity contribution in [2.45, 2.75) is 87.7 Å². The molecule has 242 valence electrons. The number of hydrogen-bond donors (Lipinski definition) is 1. The average Bonchev–Trinajstić information content (AvgIpc) is 3.05. The Morgan fingerprint density at radius 1 is 0.956 bits per heavy atom. The third-order valence-electron chi connectivity index (χ3n) is 8.30. The second kappa shape index (κ2) is 16.2. The number of hydrogen-bond acceptors (Lipinski definition) is 6. The van der Waals surface area contributed by atoms with Gasteiger partial charge in [0.2, 0.25) is 11.8 Å². The van der Waals surface area contributed by atoms with E-state index in [4.69, 9.17) is 4.74 Å². The van der Waals surface area contributed by atoms with Crippen molar-refractivity contribution in [1.29, 1.82) is 0 Å². The van der Waals surface area contributed by atoms with E-state index in [0.29, 0.717) is 24.5 Å². The van der Waals surface area contributed by atoms with E-state index in [1.165, 1.54) is 11.8 Å². The molecule has 1 aliphatic carbocycles. The van der Waals surface area contributed by atoms with Gasteiger partial charge in [-0.1, -0.05) is 50.5 Å². The molecular weight excluding hydrogens is 607 g/mol. The van der Waals surface area contributed by atoms with E-state index in [9.17, 15) is 18.0 Å². The van der Waals surface area contributed by atoms with Gasteiger partial charge in [0.1, 0.15) is 18.3 Å². The fourth-order valence-corrected chi connectivity index (χ4v) is 7.54. The minimum atomic E-state index is -4.15. The van der Waals surface area contributed by atoms with Gasteiger partial charge in [0, 0.05) is 17.5 Å². The van der Waals surface area contributed by atoms with Crippen molar-refractivity contribution >= 4 is 39.3 Å². The van der Waals surface area contributed by atoms with Crippen LogP contribution in [0.5, 0.6) is 5.75 Å². The monoisotopic (exact) mass is 651 g/mol. The first-order valence-corrected chi connectivity index (χ1v) is 18.4. The van der Waals surface area contributed by atoms with Gasteiger partial charge in [-0.15, -0.1) is 11.8 Å². The van der Waals surface area contributed by atoms with Crippen LogP contribution in [0.3, 0.4) is 0 Å². The molecule has 1 saturated carbocycles. The summed E-state index contributed by atoms with van der Waals surface area (Å²) >= 11 is 1.52. The summed E-state index contributed by atoms with van der Waals surface area (Å²) in [5, 5.41) is 3.20. The molecular formula is C35H45N3O5S2. The van der Waals surface area contributed by atoms with E-state index < -0.39 is 28.5 Å². The van der Waals surface area contributed by atoms with Crippen molar-refractivity contribution in [1.82, 2.24) is 10.2 Å². The smallest absolute Gasteiger partial charge is 0.264 e. The molecule has 8 nitrogen and oxygen atoms in total. The van der Waals surface area contributed by atoms with E-state index in [1.807, 2.05) is 51.3 Å². The number of thioether (sulfide) groups is 1. The zero-order valence-corrected chi connectivity index (χ0v) is 28.3. The number of carbonyl (C=O) groups excluding carboxylic acids is 2. The number of nitrogens with zero attached hydrogens (tertiary/aromatic N) is 2. The molecule has 0 bridgehead atoms. The molecule has 1 unspecified atom stereocenters. The van der Waals surface area contributed by atoms with Crippen LogP contribution in [0.1, 0.15) is 63.5 Å². The highest BCUT2D eigenvalue weighted by Gasteiger charge is 2.34. The molecule has 0 spiro atoms. The summed E-state index contributed by atoms with van der Waals surface area (Å²) < 4.78 is 35.1. The third-order valence-corrected chi connectivity index (χ3v) is 10.8. The number of rotatable bonds is 14. The van der Waals surface area contributed by atoms with Crippen molar-refractivity contribution in [3.05, 3.63) is 83.9 Å². The fraction of sp³-hybridized carbons (Fsp3) is 0.429. The lowest BCUT2D eigenvalue weighted by Gasteiger charge is -2.34. The molecule has 0 aromatic heterocycles. The lowest BCUT2D eigenvalue weighted by atomic mass is 9.95. The Morgan fingerprint density at radius 2 is 1.62 bits per heavy atom. The van der Waals surface area contributed by atoms with Crippen molar-refractivity contribution in [3.63, 3.8) is 0 Å². The molecule has 10 heteroatoms. The Kier molecular flexibility index (Phi) is 12.4. The van der Waals surface area contributed by atoms with Crippen LogP contribution in [0.25, 0.3) is 0 Å². The Labute approximate surface area is 272 Å². The van der Waals surface area contributed by atoms with Gasteiger partial charge in [0.15, 0.2) is 0 Å². The summed E-state index contributed by atoms with van der Waals surface area (Å²) in [7, 11) is -4.15. The number of sulfonamides is 1. The topological polar surface area (TPSA) is 96.0 Å². The van der Waals surface area contributed by atoms with Crippen LogP contribution in [0.4, 0.5) is 5.69 Å². The van der Waals surface area contributed by atoms with E-state index in [1.54, 1.807) is 53.4 Å². The molecule has 4 rings (SSSR count). The van der Waals surface area contributed by atoms with Crippen molar-refractivity contribution in [2.75, 3.05) is 23.7 Å². The summed E-state index contributed by atoms with van der Waals surface area (Å²) in [5.74, 6) is -0.0580. The molecule has 0 radical (unpaired) electrons. The quantitative estimate of drug-likeness (QED) is 0.198. The highest BCUT2D eigenvalue weighted by molar-refractivity contribution is 7.98. The minimum absolute atomic E-state index is 0.0783. The Bertz CT molecular complexity index is 1520. The van der Waals surface area contributed by atoms with Crippen LogP contribution in [0.15, 0.2) is 82.6 Å². The average molecular weight is 652 g/mol. The molecule has 1 fully saturated rings. The number of benzene rings is 3. The largest absolute Gasteiger partial charge is 0.494 e. The molecule has 3 aromatic carbocycles. The van der Waals surface area contributed by atoms with Crippen molar-refractivity contribution < 1.29 is 22.7 Å². The summed E-state index contributed by atoms with van der Waals surface area (Å²) in [6, 6.07) is 20.4. The Hall–Kier alpha value is -3.50. The first-order chi connectivity index (χ1) is 21.7. The van der Waals surface area contributed by atoms with Crippen LogP contribution in [-0.4, -0.2) is 56.6 Å². The molecule has 1 aliphatic rings. The van der Waals surface area contributed by atoms with Crippen LogP contribution in [-0.2, 0) is 26.2 Å².